The van der Waals surface area contributed by atoms with E-state index in [4.69, 9.17) is 0 Å². The highest BCUT2D eigenvalue weighted by Crippen LogP contribution is 2.35. The van der Waals surface area contributed by atoms with Crippen LogP contribution in [0.25, 0.3) is 0 Å². The van der Waals surface area contributed by atoms with E-state index in [0.717, 1.165) is 0 Å². The van der Waals surface area contributed by atoms with Crippen molar-refractivity contribution in [2.75, 3.05) is 0 Å². The molecule has 1 atom stereocenters. The van der Waals surface area contributed by atoms with E-state index < -0.39 is 0 Å². The number of rotatable bonds is 0. The van der Waals surface area contributed by atoms with Crippen LogP contribution in [0.5, 0.6) is 0 Å². The van der Waals surface area contributed by atoms with Crippen molar-refractivity contribution in [3.63, 3.8) is 0 Å². The van der Waals surface area contributed by atoms with Gasteiger partial charge in [-0.3, -0.25) is 4.79 Å². The van der Waals surface area contributed by atoms with Gasteiger partial charge in [0, 0.05) is 21.4 Å². The summed E-state index contributed by atoms with van der Waals surface area (Å²) in [6, 6.07) is 2.99. The largest absolute Gasteiger partial charge is 0.293 e. The maximum absolute atomic E-state index is 13.4. The van der Waals surface area contributed by atoms with Crippen molar-refractivity contribution in [3.05, 3.63) is 33.5 Å². The molecule has 1 heterocycles. The van der Waals surface area contributed by atoms with Crippen LogP contribution in [0.15, 0.2) is 16.6 Å². The third-order valence-electron chi connectivity index (χ3n) is 2.30. The molecule has 0 fully saturated rings. The van der Waals surface area contributed by atoms with Crippen molar-refractivity contribution in [3.8, 4) is 0 Å². The molecule has 74 valence electrons. The summed E-state index contributed by atoms with van der Waals surface area (Å²) in [5.41, 5.74) is 1.06. The van der Waals surface area contributed by atoms with E-state index in [1.54, 1.807) is 6.07 Å². The summed E-state index contributed by atoms with van der Waals surface area (Å²) in [7, 11) is 0. The molecule has 1 aliphatic heterocycles. The molecule has 0 saturated carbocycles. The van der Waals surface area contributed by atoms with Gasteiger partial charge < -0.3 is 0 Å². The molecule has 0 saturated heterocycles. The Hall–Kier alpha value is -0.350. The molecule has 1 aromatic rings. The summed E-state index contributed by atoms with van der Waals surface area (Å²) in [5, 5.41) is -0.0689. The zero-order valence-corrected chi connectivity index (χ0v) is 9.91. The number of ketones is 1. The van der Waals surface area contributed by atoms with Gasteiger partial charge >= 0.3 is 0 Å². The van der Waals surface area contributed by atoms with Crippen molar-refractivity contribution >= 4 is 33.5 Å². The maximum atomic E-state index is 13.4. The normalized spacial score (nSPS) is 20.8. The predicted octanol–water partition coefficient (Wildman–Crippen LogP) is 3.41. The molecule has 2 rings (SSSR count). The fourth-order valence-corrected chi connectivity index (χ4v) is 3.02. The minimum Gasteiger partial charge on any atom is -0.293 e. The van der Waals surface area contributed by atoms with Gasteiger partial charge in [0.2, 0.25) is 0 Å². The topological polar surface area (TPSA) is 17.1 Å². The molecular weight excluding hydrogens is 267 g/mol. The van der Waals surface area contributed by atoms with Crippen LogP contribution < -0.4 is 0 Å². The number of fused-ring (bicyclic) bond motifs is 1. The summed E-state index contributed by atoms with van der Waals surface area (Å²) in [6.45, 7) is 1.85. The van der Waals surface area contributed by atoms with Gasteiger partial charge in [0.15, 0.2) is 5.78 Å². The average Bonchev–Trinajstić information content (AvgIpc) is 2.16. The van der Waals surface area contributed by atoms with Gasteiger partial charge in [-0.2, -0.15) is 0 Å². The second kappa shape index (κ2) is 3.66. The molecule has 1 unspecified atom stereocenters. The molecule has 0 spiro atoms. The number of Topliss-reactive ketones (excluding diaryl/α,β-unsaturated/α-hetero) is 1. The van der Waals surface area contributed by atoms with Gasteiger partial charge in [0.05, 0.1) is 5.25 Å². The monoisotopic (exact) mass is 274 g/mol. The van der Waals surface area contributed by atoms with Crippen LogP contribution >= 0.6 is 27.7 Å². The third-order valence-corrected chi connectivity index (χ3v) is 4.13. The number of thioether (sulfide) groups is 1. The fraction of sp³-hybridized carbons (Fsp3) is 0.300. The number of carbonyl (C=O) groups is 1. The van der Waals surface area contributed by atoms with Crippen molar-refractivity contribution < 1.29 is 9.18 Å². The first-order chi connectivity index (χ1) is 6.61. The highest BCUT2D eigenvalue weighted by molar-refractivity contribution is 9.10. The van der Waals surface area contributed by atoms with E-state index in [-0.39, 0.29) is 16.9 Å². The van der Waals surface area contributed by atoms with Crippen LogP contribution in [0.3, 0.4) is 0 Å². The van der Waals surface area contributed by atoms with Crippen molar-refractivity contribution in [2.45, 2.75) is 17.9 Å². The van der Waals surface area contributed by atoms with Gasteiger partial charge in [-0.25, -0.2) is 4.39 Å². The Bertz CT molecular complexity index is 405. The first-order valence-corrected chi connectivity index (χ1v) is 6.08. The van der Waals surface area contributed by atoms with Crippen LogP contribution in [-0.4, -0.2) is 11.0 Å². The number of benzene rings is 1. The molecule has 0 N–H and O–H groups in total. The lowest BCUT2D eigenvalue weighted by Crippen LogP contribution is -2.21. The highest BCUT2D eigenvalue weighted by Gasteiger charge is 2.28. The van der Waals surface area contributed by atoms with Gasteiger partial charge in [0.25, 0.3) is 0 Å². The van der Waals surface area contributed by atoms with Crippen molar-refractivity contribution in [1.82, 2.24) is 0 Å². The summed E-state index contributed by atoms with van der Waals surface area (Å²) in [5.74, 6) is 0.312. The molecule has 0 aromatic heterocycles. The van der Waals surface area contributed by atoms with E-state index in [2.05, 4.69) is 15.9 Å². The summed E-state index contributed by atoms with van der Waals surface area (Å²) >= 11 is 4.77. The highest BCUT2D eigenvalue weighted by atomic mass is 79.9. The number of halogens is 2. The average molecular weight is 275 g/mol. The molecule has 1 nitrogen and oxygen atoms in total. The number of carbonyl (C=O) groups excluding carboxylic acids is 1. The Labute approximate surface area is 94.2 Å². The fourth-order valence-electron chi connectivity index (χ4n) is 1.49. The Kier molecular flexibility index (Phi) is 2.66. The number of hydrogen-bond donors (Lipinski definition) is 0. The van der Waals surface area contributed by atoms with Crippen LogP contribution in [0.4, 0.5) is 4.39 Å². The standard InChI is InChI=1S/C10H8BrFOS/c1-5-10(13)9-6(4-14-5)8(12)3-2-7(9)11/h2-3,5H,4H2,1H3. The lowest BCUT2D eigenvalue weighted by Gasteiger charge is -2.21. The lowest BCUT2D eigenvalue weighted by molar-refractivity contribution is 0.0990. The number of hydrogen-bond acceptors (Lipinski definition) is 2. The van der Waals surface area contributed by atoms with Crippen LogP contribution in [-0.2, 0) is 5.75 Å². The van der Waals surface area contributed by atoms with Crippen molar-refractivity contribution in [2.24, 2.45) is 0 Å². The smallest absolute Gasteiger partial charge is 0.177 e. The summed E-state index contributed by atoms with van der Waals surface area (Å²) < 4.78 is 14.1. The Morgan fingerprint density at radius 1 is 1.57 bits per heavy atom. The molecule has 4 heteroatoms. The molecule has 1 aliphatic rings. The van der Waals surface area contributed by atoms with E-state index in [1.807, 2.05) is 6.92 Å². The minimum atomic E-state index is -0.282. The zero-order chi connectivity index (χ0) is 10.3. The van der Waals surface area contributed by atoms with Gasteiger partial charge in [0.1, 0.15) is 5.82 Å². The summed E-state index contributed by atoms with van der Waals surface area (Å²) in [6.07, 6.45) is 0. The Morgan fingerprint density at radius 3 is 3.00 bits per heavy atom. The van der Waals surface area contributed by atoms with Crippen LogP contribution in [0.1, 0.15) is 22.8 Å². The van der Waals surface area contributed by atoms with Gasteiger partial charge in [-0.1, -0.05) is 15.9 Å². The maximum Gasteiger partial charge on any atom is 0.177 e. The van der Waals surface area contributed by atoms with Crippen LogP contribution in [0.2, 0.25) is 0 Å². The molecule has 14 heavy (non-hydrogen) atoms. The predicted molar refractivity (Wildman–Crippen MR) is 59.2 cm³/mol. The molecule has 0 amide bonds. The zero-order valence-electron chi connectivity index (χ0n) is 7.51. The Balaban J connectivity index is 2.64. The second-order valence-corrected chi connectivity index (χ2v) is 5.38. The first kappa shape index (κ1) is 10.2. The molecule has 0 radical (unpaired) electrons. The summed E-state index contributed by atoms with van der Waals surface area (Å²) in [4.78, 5) is 11.8. The van der Waals surface area contributed by atoms with E-state index in [1.165, 1.54) is 17.8 Å². The molecular formula is C10H8BrFOS. The van der Waals surface area contributed by atoms with Crippen LogP contribution in [0, 0.1) is 5.82 Å². The first-order valence-electron chi connectivity index (χ1n) is 4.24. The molecule has 0 aliphatic carbocycles. The van der Waals surface area contributed by atoms with E-state index in [0.29, 0.717) is 21.4 Å². The third kappa shape index (κ3) is 1.50. The van der Waals surface area contributed by atoms with Gasteiger partial charge in [-0.15, -0.1) is 11.8 Å². The molecule has 1 aromatic carbocycles. The second-order valence-electron chi connectivity index (χ2n) is 3.20. The SMILES string of the molecule is CC1SCc2c(F)ccc(Br)c2C1=O. The lowest BCUT2D eigenvalue weighted by atomic mass is 10.0. The van der Waals surface area contributed by atoms with Gasteiger partial charge in [-0.05, 0) is 19.1 Å². The Morgan fingerprint density at radius 2 is 2.29 bits per heavy atom. The van der Waals surface area contributed by atoms with E-state index in [9.17, 15) is 9.18 Å². The quantitative estimate of drug-likeness (QED) is 0.721. The van der Waals surface area contributed by atoms with Crippen molar-refractivity contribution in [1.29, 1.82) is 0 Å². The minimum absolute atomic E-state index is 0.0163. The molecule has 0 bridgehead atoms. The van der Waals surface area contributed by atoms with E-state index >= 15 is 0 Å².